The van der Waals surface area contributed by atoms with Gasteiger partial charge in [0.2, 0.25) is 5.91 Å². The van der Waals surface area contributed by atoms with Gasteiger partial charge in [-0.25, -0.2) is 0 Å². The normalized spacial score (nSPS) is 15.2. The van der Waals surface area contributed by atoms with Crippen molar-refractivity contribution in [1.29, 1.82) is 0 Å². The van der Waals surface area contributed by atoms with Gasteiger partial charge in [-0.3, -0.25) is 9.59 Å². The van der Waals surface area contributed by atoms with Crippen LogP contribution in [0.4, 0.5) is 0 Å². The molecule has 130 valence electrons. The van der Waals surface area contributed by atoms with Gasteiger partial charge in [-0.05, 0) is 48.4 Å². The highest BCUT2D eigenvalue weighted by molar-refractivity contribution is 5.80. The molecule has 0 saturated heterocycles. The summed E-state index contributed by atoms with van der Waals surface area (Å²) in [5, 5.41) is 12.3. The summed E-state index contributed by atoms with van der Waals surface area (Å²) >= 11 is 0. The largest absolute Gasteiger partial charge is 0.481 e. The summed E-state index contributed by atoms with van der Waals surface area (Å²) in [6.07, 6.45) is 3.64. The lowest BCUT2D eigenvalue weighted by Gasteiger charge is -2.23. The molecule has 2 unspecified atom stereocenters. The maximum atomic E-state index is 12.5. The number of carbonyl (C=O) groups excluding carboxylic acids is 1. The van der Waals surface area contributed by atoms with Crippen molar-refractivity contribution < 1.29 is 14.7 Å². The number of benzene rings is 2. The smallest absolute Gasteiger partial charge is 0.308 e. The Hall–Kier alpha value is -2.62. The van der Waals surface area contributed by atoms with E-state index in [4.69, 9.17) is 0 Å². The van der Waals surface area contributed by atoms with Crippen LogP contribution in [0.25, 0.3) is 0 Å². The Morgan fingerprint density at radius 3 is 2.52 bits per heavy atom. The molecule has 0 bridgehead atoms. The SMILES string of the molecule is CC(C(=O)O)C(NC(=O)Cc1ccc2c(c1)CCC2)c1ccccc1. The number of carboxylic acids is 1. The van der Waals surface area contributed by atoms with Crippen LogP contribution in [-0.2, 0) is 28.9 Å². The van der Waals surface area contributed by atoms with Crippen molar-refractivity contribution >= 4 is 11.9 Å². The fraction of sp³-hybridized carbons (Fsp3) is 0.333. The maximum absolute atomic E-state index is 12.5. The monoisotopic (exact) mass is 337 g/mol. The minimum absolute atomic E-state index is 0.153. The van der Waals surface area contributed by atoms with Gasteiger partial charge >= 0.3 is 5.97 Å². The zero-order valence-corrected chi connectivity index (χ0v) is 14.4. The first-order valence-corrected chi connectivity index (χ1v) is 8.72. The molecule has 3 rings (SSSR count). The van der Waals surface area contributed by atoms with E-state index in [0.717, 1.165) is 24.0 Å². The second kappa shape index (κ2) is 7.51. The van der Waals surface area contributed by atoms with Crippen molar-refractivity contribution in [1.82, 2.24) is 5.32 Å². The van der Waals surface area contributed by atoms with Crippen LogP contribution in [0.5, 0.6) is 0 Å². The average molecular weight is 337 g/mol. The van der Waals surface area contributed by atoms with Crippen LogP contribution in [-0.4, -0.2) is 17.0 Å². The summed E-state index contributed by atoms with van der Waals surface area (Å²) in [5.41, 5.74) is 4.50. The standard InChI is InChI=1S/C21H23NO3/c1-14(21(24)25)20(17-6-3-2-4-7-17)22-19(23)13-15-10-11-16-8-5-9-18(16)12-15/h2-4,6-7,10-12,14,20H,5,8-9,13H2,1H3,(H,22,23)(H,24,25). The number of aryl methyl sites for hydroxylation is 2. The number of carbonyl (C=O) groups is 2. The van der Waals surface area contributed by atoms with Gasteiger partial charge < -0.3 is 10.4 Å². The van der Waals surface area contributed by atoms with Crippen LogP contribution in [0.1, 0.15) is 41.6 Å². The minimum Gasteiger partial charge on any atom is -0.481 e. The Balaban J connectivity index is 1.73. The predicted octanol–water partition coefficient (Wildman–Crippen LogP) is 3.30. The molecule has 25 heavy (non-hydrogen) atoms. The quantitative estimate of drug-likeness (QED) is 0.850. The zero-order chi connectivity index (χ0) is 17.8. The Morgan fingerprint density at radius 1 is 1.08 bits per heavy atom. The van der Waals surface area contributed by atoms with Crippen LogP contribution in [0.3, 0.4) is 0 Å². The Bertz CT molecular complexity index is 770. The molecule has 2 aromatic carbocycles. The van der Waals surface area contributed by atoms with Crippen LogP contribution in [0.15, 0.2) is 48.5 Å². The Kier molecular flexibility index (Phi) is 5.17. The number of rotatable bonds is 6. The summed E-state index contributed by atoms with van der Waals surface area (Å²) < 4.78 is 0. The molecular weight excluding hydrogens is 314 g/mol. The first-order chi connectivity index (χ1) is 12.0. The van der Waals surface area contributed by atoms with E-state index < -0.39 is 17.9 Å². The van der Waals surface area contributed by atoms with Crippen molar-refractivity contribution in [3.63, 3.8) is 0 Å². The highest BCUT2D eigenvalue weighted by atomic mass is 16.4. The lowest BCUT2D eigenvalue weighted by molar-refractivity contribution is -0.142. The van der Waals surface area contributed by atoms with Crippen molar-refractivity contribution in [2.75, 3.05) is 0 Å². The van der Waals surface area contributed by atoms with Crippen molar-refractivity contribution in [2.45, 2.75) is 38.6 Å². The molecule has 1 aliphatic carbocycles. The third-order valence-corrected chi connectivity index (χ3v) is 4.89. The second-order valence-electron chi connectivity index (χ2n) is 6.72. The topological polar surface area (TPSA) is 66.4 Å². The summed E-state index contributed by atoms with van der Waals surface area (Å²) in [5.74, 6) is -1.78. The minimum atomic E-state index is -0.924. The molecule has 1 amide bonds. The van der Waals surface area contributed by atoms with E-state index >= 15 is 0 Å². The average Bonchev–Trinajstić information content (AvgIpc) is 3.07. The molecule has 0 aromatic heterocycles. The van der Waals surface area contributed by atoms with E-state index in [1.54, 1.807) is 6.92 Å². The van der Waals surface area contributed by atoms with E-state index in [9.17, 15) is 14.7 Å². The Morgan fingerprint density at radius 2 is 1.80 bits per heavy atom. The summed E-state index contributed by atoms with van der Waals surface area (Å²) in [6, 6.07) is 15.0. The molecule has 1 aliphatic rings. The molecular formula is C21H23NO3. The third-order valence-electron chi connectivity index (χ3n) is 4.89. The molecule has 0 saturated carbocycles. The molecule has 2 aromatic rings. The lowest BCUT2D eigenvalue weighted by Crippen LogP contribution is -2.36. The van der Waals surface area contributed by atoms with Gasteiger partial charge in [-0.2, -0.15) is 0 Å². The van der Waals surface area contributed by atoms with E-state index in [1.165, 1.54) is 17.5 Å². The van der Waals surface area contributed by atoms with Gasteiger partial charge in [0.1, 0.15) is 0 Å². The Labute approximate surface area is 147 Å². The molecule has 2 N–H and O–H groups in total. The van der Waals surface area contributed by atoms with Gasteiger partial charge in [0.15, 0.2) is 0 Å². The number of carboxylic acid groups (broad SMARTS) is 1. The number of fused-ring (bicyclic) bond motifs is 1. The fourth-order valence-corrected chi connectivity index (χ4v) is 3.44. The second-order valence-corrected chi connectivity index (χ2v) is 6.72. The zero-order valence-electron chi connectivity index (χ0n) is 14.4. The number of hydrogen-bond acceptors (Lipinski definition) is 2. The number of aliphatic carboxylic acids is 1. The number of hydrogen-bond donors (Lipinski definition) is 2. The van der Waals surface area contributed by atoms with E-state index in [-0.39, 0.29) is 12.3 Å². The van der Waals surface area contributed by atoms with Crippen molar-refractivity contribution in [3.05, 3.63) is 70.8 Å². The molecule has 0 spiro atoms. The molecule has 4 nitrogen and oxygen atoms in total. The van der Waals surface area contributed by atoms with E-state index in [2.05, 4.69) is 17.4 Å². The third kappa shape index (κ3) is 4.08. The first kappa shape index (κ1) is 17.2. The van der Waals surface area contributed by atoms with Crippen LogP contribution >= 0.6 is 0 Å². The van der Waals surface area contributed by atoms with Gasteiger partial charge in [-0.1, -0.05) is 48.5 Å². The molecule has 0 aliphatic heterocycles. The van der Waals surface area contributed by atoms with Gasteiger partial charge in [0.25, 0.3) is 0 Å². The van der Waals surface area contributed by atoms with Crippen LogP contribution in [0.2, 0.25) is 0 Å². The van der Waals surface area contributed by atoms with Gasteiger partial charge in [-0.15, -0.1) is 0 Å². The highest BCUT2D eigenvalue weighted by Crippen LogP contribution is 2.24. The van der Waals surface area contributed by atoms with Gasteiger partial charge in [0, 0.05) is 0 Å². The highest BCUT2D eigenvalue weighted by Gasteiger charge is 2.26. The van der Waals surface area contributed by atoms with Crippen molar-refractivity contribution in [2.24, 2.45) is 5.92 Å². The number of nitrogens with one attached hydrogen (secondary N) is 1. The molecule has 0 heterocycles. The summed E-state index contributed by atoms with van der Waals surface area (Å²) in [7, 11) is 0. The summed E-state index contributed by atoms with van der Waals surface area (Å²) in [4.78, 5) is 23.9. The molecule has 2 atom stereocenters. The predicted molar refractivity (Wildman–Crippen MR) is 96.3 cm³/mol. The van der Waals surface area contributed by atoms with E-state index in [0.29, 0.717) is 0 Å². The van der Waals surface area contributed by atoms with Crippen LogP contribution in [0, 0.1) is 5.92 Å². The van der Waals surface area contributed by atoms with Crippen molar-refractivity contribution in [3.8, 4) is 0 Å². The maximum Gasteiger partial charge on any atom is 0.308 e. The fourth-order valence-electron chi connectivity index (χ4n) is 3.44. The first-order valence-electron chi connectivity index (χ1n) is 8.72. The molecule has 0 radical (unpaired) electrons. The molecule has 4 heteroatoms. The van der Waals surface area contributed by atoms with E-state index in [1.807, 2.05) is 36.4 Å². The summed E-state index contributed by atoms with van der Waals surface area (Å²) in [6.45, 7) is 1.62. The lowest BCUT2D eigenvalue weighted by atomic mass is 9.94. The van der Waals surface area contributed by atoms with Gasteiger partial charge in [0.05, 0.1) is 18.4 Å². The molecule has 0 fully saturated rings. The number of amides is 1. The van der Waals surface area contributed by atoms with Crippen LogP contribution < -0.4 is 5.32 Å².